The van der Waals surface area contributed by atoms with E-state index in [9.17, 15) is 0 Å². The summed E-state index contributed by atoms with van der Waals surface area (Å²) in [6.07, 6.45) is 0. The van der Waals surface area contributed by atoms with Crippen molar-refractivity contribution in [2.45, 2.75) is 0 Å². The molecule has 10 aromatic rings. The normalized spacial score (nSPS) is 11.3. The summed E-state index contributed by atoms with van der Waals surface area (Å²) in [5.41, 5.74) is 14.6. The lowest BCUT2D eigenvalue weighted by atomic mass is 9.89. The van der Waals surface area contributed by atoms with E-state index in [-0.39, 0.29) is 0 Å². The smallest absolute Gasteiger partial charge is 0.00928 e. The highest BCUT2D eigenvalue weighted by atomic mass is 14.2. The largest absolute Gasteiger partial charge is 0.0622 e. The second kappa shape index (κ2) is 13.5. The van der Waals surface area contributed by atoms with Crippen molar-refractivity contribution in [3.05, 3.63) is 218 Å². The van der Waals surface area contributed by atoms with Crippen LogP contribution in [0.3, 0.4) is 0 Å². The molecule has 0 aliphatic carbocycles. The van der Waals surface area contributed by atoms with Gasteiger partial charge >= 0.3 is 0 Å². The Morgan fingerprint density at radius 2 is 0.370 bits per heavy atom. The van der Waals surface area contributed by atoms with Crippen molar-refractivity contribution in [1.82, 2.24) is 0 Å². The zero-order valence-electron chi connectivity index (χ0n) is 29.8. The van der Waals surface area contributed by atoms with Crippen LogP contribution in [-0.4, -0.2) is 0 Å². The quantitative estimate of drug-likeness (QED) is 0.153. The van der Waals surface area contributed by atoms with Crippen molar-refractivity contribution < 1.29 is 0 Å². The van der Waals surface area contributed by atoms with Crippen LogP contribution < -0.4 is 0 Å². The third kappa shape index (κ3) is 5.85. The molecule has 0 spiro atoms. The molecule has 0 amide bonds. The lowest BCUT2D eigenvalue weighted by molar-refractivity contribution is 1.58. The summed E-state index contributed by atoms with van der Waals surface area (Å²) in [6.45, 7) is 0. The zero-order chi connectivity index (χ0) is 35.8. The SMILES string of the molecule is c1ccc(-c2cccc(-c3cccc(-c4ccc5c(c4)c4ccccc4c4ccc(-c6cccc(-c7cccc(-c8ccccc8)c7)c6)cc45)c3)c2)cc1. The van der Waals surface area contributed by atoms with Crippen LogP contribution in [-0.2, 0) is 0 Å². The molecule has 0 radical (unpaired) electrons. The molecule has 0 nitrogen and oxygen atoms in total. The second-order valence-corrected chi connectivity index (χ2v) is 14.1. The van der Waals surface area contributed by atoms with Gasteiger partial charge in [0, 0.05) is 0 Å². The van der Waals surface area contributed by atoms with Crippen LogP contribution in [0.2, 0.25) is 0 Å². The van der Waals surface area contributed by atoms with E-state index in [1.807, 2.05) is 0 Å². The molecule has 0 heteroatoms. The fraction of sp³-hybridized carbons (Fsp3) is 0. The van der Waals surface area contributed by atoms with Crippen molar-refractivity contribution in [3.63, 3.8) is 0 Å². The molecule has 0 aromatic heterocycles. The van der Waals surface area contributed by atoms with E-state index in [0.29, 0.717) is 0 Å². The Labute approximate surface area is 316 Å². The fourth-order valence-electron chi connectivity index (χ4n) is 8.09. The highest BCUT2D eigenvalue weighted by Gasteiger charge is 2.13. The van der Waals surface area contributed by atoms with E-state index in [1.165, 1.54) is 99.1 Å². The summed E-state index contributed by atoms with van der Waals surface area (Å²) in [4.78, 5) is 0. The lowest BCUT2D eigenvalue weighted by Gasteiger charge is -2.14. The minimum atomic E-state index is 1.21. The summed E-state index contributed by atoms with van der Waals surface area (Å²) in [6, 6.07) is 79.7. The Kier molecular flexibility index (Phi) is 7.93. The Morgan fingerprint density at radius 1 is 0.130 bits per heavy atom. The summed E-state index contributed by atoms with van der Waals surface area (Å²) < 4.78 is 0. The van der Waals surface area contributed by atoms with Crippen LogP contribution in [0, 0.1) is 0 Å². The summed E-state index contributed by atoms with van der Waals surface area (Å²) in [7, 11) is 0. The van der Waals surface area contributed by atoms with Gasteiger partial charge in [0.25, 0.3) is 0 Å². The van der Waals surface area contributed by atoms with Crippen LogP contribution in [0.4, 0.5) is 0 Å². The first-order valence-corrected chi connectivity index (χ1v) is 18.7. The molecule has 10 rings (SSSR count). The first-order valence-electron chi connectivity index (χ1n) is 18.7. The zero-order valence-corrected chi connectivity index (χ0v) is 29.8. The minimum Gasteiger partial charge on any atom is -0.0622 e. The molecular formula is C54H36. The molecule has 0 aliphatic rings. The molecule has 0 unspecified atom stereocenters. The predicted octanol–water partition coefficient (Wildman–Crippen LogP) is 15.1. The molecule has 0 aliphatic heterocycles. The number of hydrogen-bond acceptors (Lipinski definition) is 0. The van der Waals surface area contributed by atoms with Gasteiger partial charge in [-0.3, -0.25) is 0 Å². The van der Waals surface area contributed by atoms with Crippen molar-refractivity contribution in [1.29, 1.82) is 0 Å². The van der Waals surface area contributed by atoms with Crippen LogP contribution in [0.5, 0.6) is 0 Å². The standard InChI is InChI=1S/C54H36/c1-3-13-37(14-4-1)39-17-9-19-41(31-39)43-21-11-23-45(33-43)47-27-29-51-49-25-7-8-26-50(49)53-35-48(28-30-52(53)54(51)36-47)46-24-12-22-44(34-46)42-20-10-18-40(32-42)38-15-5-2-6-16-38/h1-36H. The molecular weight excluding hydrogens is 649 g/mol. The van der Waals surface area contributed by atoms with Gasteiger partial charge in [0.05, 0.1) is 0 Å². The Bertz CT molecular complexity index is 2810. The molecule has 0 N–H and O–H groups in total. The number of rotatable bonds is 6. The molecule has 0 heterocycles. The molecule has 0 fully saturated rings. The van der Waals surface area contributed by atoms with Gasteiger partial charge in [-0.2, -0.15) is 0 Å². The molecule has 0 saturated carbocycles. The average molecular weight is 685 g/mol. The van der Waals surface area contributed by atoms with Gasteiger partial charge in [0.1, 0.15) is 0 Å². The minimum absolute atomic E-state index is 1.21. The Morgan fingerprint density at radius 3 is 0.741 bits per heavy atom. The average Bonchev–Trinajstić information content (AvgIpc) is 3.27. The number of hydrogen-bond donors (Lipinski definition) is 0. The summed E-state index contributed by atoms with van der Waals surface area (Å²) in [5, 5.41) is 7.66. The maximum absolute atomic E-state index is 2.39. The highest BCUT2D eigenvalue weighted by Crippen LogP contribution is 2.40. The van der Waals surface area contributed by atoms with Crippen molar-refractivity contribution in [2.75, 3.05) is 0 Å². The summed E-state index contributed by atoms with van der Waals surface area (Å²) in [5.74, 6) is 0. The van der Waals surface area contributed by atoms with Crippen molar-refractivity contribution in [3.8, 4) is 66.8 Å². The Balaban J connectivity index is 1.06. The maximum atomic E-state index is 2.39. The van der Waals surface area contributed by atoms with E-state index in [4.69, 9.17) is 0 Å². The third-order valence-corrected chi connectivity index (χ3v) is 10.8. The predicted molar refractivity (Wildman–Crippen MR) is 232 cm³/mol. The first-order chi connectivity index (χ1) is 26.7. The highest BCUT2D eigenvalue weighted by molar-refractivity contribution is 6.26. The number of benzene rings is 10. The van der Waals surface area contributed by atoms with Gasteiger partial charge in [-0.05, 0) is 135 Å². The van der Waals surface area contributed by atoms with E-state index in [2.05, 4.69) is 218 Å². The van der Waals surface area contributed by atoms with Crippen molar-refractivity contribution >= 4 is 32.3 Å². The molecule has 0 bridgehead atoms. The van der Waals surface area contributed by atoms with Crippen LogP contribution in [0.15, 0.2) is 218 Å². The van der Waals surface area contributed by atoms with Gasteiger partial charge in [-0.25, -0.2) is 0 Å². The van der Waals surface area contributed by atoms with Crippen LogP contribution >= 0.6 is 0 Å². The molecule has 252 valence electrons. The molecule has 10 aromatic carbocycles. The van der Waals surface area contributed by atoms with Crippen LogP contribution in [0.1, 0.15) is 0 Å². The van der Waals surface area contributed by atoms with E-state index in [1.54, 1.807) is 0 Å². The Hall–Kier alpha value is -7.02. The molecule has 54 heavy (non-hydrogen) atoms. The third-order valence-electron chi connectivity index (χ3n) is 10.8. The fourth-order valence-corrected chi connectivity index (χ4v) is 8.09. The lowest BCUT2D eigenvalue weighted by Crippen LogP contribution is -1.88. The maximum Gasteiger partial charge on any atom is -0.00928 e. The van der Waals surface area contributed by atoms with E-state index in [0.717, 1.165) is 0 Å². The second-order valence-electron chi connectivity index (χ2n) is 14.1. The van der Waals surface area contributed by atoms with Gasteiger partial charge in [-0.1, -0.05) is 182 Å². The van der Waals surface area contributed by atoms with E-state index >= 15 is 0 Å². The van der Waals surface area contributed by atoms with Gasteiger partial charge in [0.2, 0.25) is 0 Å². The first kappa shape index (κ1) is 31.7. The summed E-state index contributed by atoms with van der Waals surface area (Å²) >= 11 is 0. The van der Waals surface area contributed by atoms with Crippen molar-refractivity contribution in [2.24, 2.45) is 0 Å². The monoisotopic (exact) mass is 684 g/mol. The molecule has 0 atom stereocenters. The van der Waals surface area contributed by atoms with Gasteiger partial charge < -0.3 is 0 Å². The molecule has 0 saturated heterocycles. The van der Waals surface area contributed by atoms with Gasteiger partial charge in [0.15, 0.2) is 0 Å². The number of fused-ring (bicyclic) bond motifs is 6. The topological polar surface area (TPSA) is 0 Å². The van der Waals surface area contributed by atoms with Crippen LogP contribution in [0.25, 0.3) is 99.1 Å². The van der Waals surface area contributed by atoms with Gasteiger partial charge in [-0.15, -0.1) is 0 Å². The van der Waals surface area contributed by atoms with E-state index < -0.39 is 0 Å².